The van der Waals surface area contributed by atoms with Gasteiger partial charge in [0.25, 0.3) is 0 Å². The van der Waals surface area contributed by atoms with Gasteiger partial charge in [-0.05, 0) is 43.0 Å². The van der Waals surface area contributed by atoms with Crippen molar-refractivity contribution in [3.63, 3.8) is 0 Å². The van der Waals surface area contributed by atoms with E-state index in [-0.39, 0.29) is 0 Å². The number of ether oxygens (including phenoxy) is 1. The predicted molar refractivity (Wildman–Crippen MR) is 89.9 cm³/mol. The summed E-state index contributed by atoms with van der Waals surface area (Å²) < 4.78 is 5.29. The highest BCUT2D eigenvalue weighted by Gasteiger charge is 2.23. The first-order chi connectivity index (χ1) is 10.1. The molecule has 0 saturated carbocycles. The van der Waals surface area contributed by atoms with Gasteiger partial charge in [-0.1, -0.05) is 26.0 Å². The number of hydrogen-bond acceptors (Lipinski definition) is 3. The average molecular weight is 290 g/mol. The molecular weight excluding hydrogens is 260 g/mol. The summed E-state index contributed by atoms with van der Waals surface area (Å²) in [5.41, 5.74) is 4.16. The quantitative estimate of drug-likeness (QED) is 0.834. The molecule has 0 radical (unpaired) electrons. The molecule has 1 aromatic rings. The highest BCUT2D eigenvalue weighted by Crippen LogP contribution is 2.27. The topological polar surface area (TPSA) is 24.5 Å². The minimum atomic E-state index is 0.682. The Morgan fingerprint density at radius 1 is 1.38 bits per heavy atom. The van der Waals surface area contributed by atoms with E-state index in [0.717, 1.165) is 32.8 Å². The van der Waals surface area contributed by atoms with E-state index in [2.05, 4.69) is 49.2 Å². The fraction of sp³-hybridized carbons (Fsp3) is 0.667. The highest BCUT2D eigenvalue weighted by atomic mass is 16.5. The Morgan fingerprint density at radius 2 is 2.19 bits per heavy atom. The van der Waals surface area contributed by atoms with Gasteiger partial charge in [0.15, 0.2) is 0 Å². The van der Waals surface area contributed by atoms with Gasteiger partial charge in [0.2, 0.25) is 0 Å². The molecule has 1 unspecified atom stereocenters. The number of nitrogens with one attached hydrogen (secondary N) is 1. The van der Waals surface area contributed by atoms with Gasteiger partial charge in [-0.3, -0.25) is 0 Å². The first-order valence-electron chi connectivity index (χ1n) is 8.14. The summed E-state index contributed by atoms with van der Waals surface area (Å²) in [6, 6.07) is 6.88. The summed E-state index contributed by atoms with van der Waals surface area (Å²) >= 11 is 0. The van der Waals surface area contributed by atoms with Crippen LogP contribution in [0.15, 0.2) is 18.2 Å². The molecule has 3 nitrogen and oxygen atoms in total. The Labute approximate surface area is 129 Å². The third kappa shape index (κ3) is 4.72. The van der Waals surface area contributed by atoms with Crippen LogP contribution in [0.5, 0.6) is 0 Å². The molecule has 0 bridgehead atoms. The fourth-order valence-corrected chi connectivity index (χ4v) is 3.11. The second kappa shape index (κ2) is 7.81. The van der Waals surface area contributed by atoms with E-state index in [1.165, 1.54) is 23.2 Å². The van der Waals surface area contributed by atoms with Crippen LogP contribution in [-0.4, -0.2) is 33.4 Å². The maximum Gasteiger partial charge on any atom is 0.0508 e. The molecule has 0 aromatic heterocycles. The van der Waals surface area contributed by atoms with Gasteiger partial charge in [-0.2, -0.15) is 0 Å². The lowest BCUT2D eigenvalue weighted by molar-refractivity contribution is 0.161. The molecule has 1 fully saturated rings. The van der Waals surface area contributed by atoms with Crippen molar-refractivity contribution in [1.29, 1.82) is 0 Å². The van der Waals surface area contributed by atoms with Crippen molar-refractivity contribution in [3.8, 4) is 0 Å². The third-order valence-electron chi connectivity index (χ3n) is 4.17. The summed E-state index contributed by atoms with van der Waals surface area (Å²) in [5.74, 6) is 1.38. The molecule has 0 amide bonds. The van der Waals surface area contributed by atoms with Crippen LogP contribution in [-0.2, 0) is 11.3 Å². The van der Waals surface area contributed by atoms with Crippen molar-refractivity contribution >= 4 is 5.69 Å². The SMILES string of the molecule is COCC1CCN(c2ccc(CNCC(C)C)cc2C)C1. The number of hydrogen-bond donors (Lipinski definition) is 1. The summed E-state index contributed by atoms with van der Waals surface area (Å²) in [4.78, 5) is 2.50. The Morgan fingerprint density at radius 3 is 2.86 bits per heavy atom. The molecule has 0 spiro atoms. The molecule has 3 heteroatoms. The number of nitrogens with zero attached hydrogens (tertiary/aromatic N) is 1. The van der Waals surface area contributed by atoms with Crippen molar-refractivity contribution < 1.29 is 4.74 Å². The van der Waals surface area contributed by atoms with Crippen molar-refractivity contribution in [2.45, 2.75) is 33.7 Å². The van der Waals surface area contributed by atoms with E-state index in [1.807, 2.05) is 0 Å². The smallest absolute Gasteiger partial charge is 0.0508 e. The van der Waals surface area contributed by atoms with E-state index in [0.29, 0.717) is 11.8 Å². The van der Waals surface area contributed by atoms with Gasteiger partial charge in [-0.15, -0.1) is 0 Å². The number of rotatable bonds is 7. The molecule has 21 heavy (non-hydrogen) atoms. The molecule has 1 atom stereocenters. The fourth-order valence-electron chi connectivity index (χ4n) is 3.11. The molecule has 118 valence electrons. The van der Waals surface area contributed by atoms with Crippen LogP contribution < -0.4 is 10.2 Å². The summed E-state index contributed by atoms with van der Waals surface area (Å²) in [6.07, 6.45) is 1.24. The normalized spacial score (nSPS) is 18.7. The van der Waals surface area contributed by atoms with Crippen molar-refractivity contribution in [3.05, 3.63) is 29.3 Å². The van der Waals surface area contributed by atoms with E-state index in [1.54, 1.807) is 7.11 Å². The Bertz CT molecular complexity index is 445. The first kappa shape index (κ1) is 16.3. The van der Waals surface area contributed by atoms with Crippen LogP contribution in [0.4, 0.5) is 5.69 Å². The molecular formula is C18H30N2O. The van der Waals surface area contributed by atoms with Gasteiger partial charge in [0, 0.05) is 38.3 Å². The van der Waals surface area contributed by atoms with Crippen molar-refractivity contribution in [2.75, 3.05) is 38.3 Å². The number of aryl methyl sites for hydroxylation is 1. The number of anilines is 1. The van der Waals surface area contributed by atoms with Crippen molar-refractivity contribution in [2.24, 2.45) is 11.8 Å². The molecule has 0 aliphatic carbocycles. The molecule has 1 N–H and O–H groups in total. The molecule has 1 aromatic carbocycles. The number of benzene rings is 1. The van der Waals surface area contributed by atoms with Crippen LogP contribution in [0.25, 0.3) is 0 Å². The van der Waals surface area contributed by atoms with Crippen LogP contribution >= 0.6 is 0 Å². The van der Waals surface area contributed by atoms with E-state index in [4.69, 9.17) is 4.74 Å². The predicted octanol–water partition coefficient (Wildman–Crippen LogP) is 3.21. The Balaban J connectivity index is 1.93. The monoisotopic (exact) mass is 290 g/mol. The Hall–Kier alpha value is -1.06. The lowest BCUT2D eigenvalue weighted by atomic mass is 10.1. The summed E-state index contributed by atoms with van der Waals surface area (Å²) in [5, 5.41) is 3.51. The maximum absolute atomic E-state index is 5.29. The van der Waals surface area contributed by atoms with E-state index < -0.39 is 0 Å². The van der Waals surface area contributed by atoms with Crippen LogP contribution in [0.3, 0.4) is 0 Å². The lowest BCUT2D eigenvalue weighted by Gasteiger charge is -2.21. The standard InChI is InChI=1S/C18H30N2O/c1-14(2)10-19-11-16-5-6-18(15(3)9-16)20-8-7-17(12-20)13-21-4/h5-6,9,14,17,19H,7-8,10-13H2,1-4H3. The van der Waals surface area contributed by atoms with Gasteiger partial charge in [0.05, 0.1) is 6.61 Å². The second-order valence-corrected chi connectivity index (χ2v) is 6.70. The second-order valence-electron chi connectivity index (χ2n) is 6.70. The zero-order chi connectivity index (χ0) is 15.2. The van der Waals surface area contributed by atoms with Gasteiger partial charge in [-0.25, -0.2) is 0 Å². The minimum Gasteiger partial charge on any atom is -0.384 e. The van der Waals surface area contributed by atoms with Crippen LogP contribution in [0.1, 0.15) is 31.4 Å². The minimum absolute atomic E-state index is 0.682. The van der Waals surface area contributed by atoms with E-state index >= 15 is 0 Å². The molecule has 2 rings (SSSR count). The maximum atomic E-state index is 5.29. The van der Waals surface area contributed by atoms with Crippen LogP contribution in [0.2, 0.25) is 0 Å². The number of methoxy groups -OCH3 is 1. The zero-order valence-corrected chi connectivity index (χ0v) is 14.0. The van der Waals surface area contributed by atoms with E-state index in [9.17, 15) is 0 Å². The van der Waals surface area contributed by atoms with Gasteiger partial charge >= 0.3 is 0 Å². The molecule has 1 saturated heterocycles. The van der Waals surface area contributed by atoms with Gasteiger partial charge in [0.1, 0.15) is 0 Å². The van der Waals surface area contributed by atoms with Crippen molar-refractivity contribution in [1.82, 2.24) is 5.32 Å². The van der Waals surface area contributed by atoms with Gasteiger partial charge < -0.3 is 15.0 Å². The zero-order valence-electron chi connectivity index (χ0n) is 14.0. The molecule has 1 aliphatic heterocycles. The Kier molecular flexibility index (Phi) is 6.07. The molecule has 1 aliphatic rings. The first-order valence-corrected chi connectivity index (χ1v) is 8.14. The summed E-state index contributed by atoms with van der Waals surface area (Å²) in [7, 11) is 1.80. The lowest BCUT2D eigenvalue weighted by Crippen LogP contribution is -2.22. The molecule has 1 heterocycles. The summed E-state index contributed by atoms with van der Waals surface area (Å²) in [6.45, 7) is 11.9. The average Bonchev–Trinajstić information content (AvgIpc) is 2.87. The third-order valence-corrected chi connectivity index (χ3v) is 4.17. The highest BCUT2D eigenvalue weighted by molar-refractivity contribution is 5.55. The van der Waals surface area contributed by atoms with Crippen LogP contribution in [0, 0.1) is 18.8 Å². The largest absolute Gasteiger partial charge is 0.384 e.